The van der Waals surface area contributed by atoms with Gasteiger partial charge in [0.05, 0.1) is 0 Å². The summed E-state index contributed by atoms with van der Waals surface area (Å²) in [5.41, 5.74) is 0.741. The first-order valence-corrected chi connectivity index (χ1v) is 6.72. The van der Waals surface area contributed by atoms with Crippen molar-refractivity contribution in [3.63, 3.8) is 0 Å². The molecule has 2 heterocycles. The lowest BCUT2D eigenvalue weighted by molar-refractivity contribution is -0.132. The van der Waals surface area contributed by atoms with Crippen LogP contribution in [0.4, 0.5) is 0 Å². The maximum atomic E-state index is 12.0. The highest BCUT2D eigenvalue weighted by Gasteiger charge is 2.16. The molecule has 18 heavy (non-hydrogen) atoms. The van der Waals surface area contributed by atoms with Crippen molar-refractivity contribution in [1.29, 1.82) is 0 Å². The summed E-state index contributed by atoms with van der Waals surface area (Å²) in [6.45, 7) is 5.02. The number of amides is 1. The van der Waals surface area contributed by atoms with Crippen molar-refractivity contribution in [3.8, 4) is 0 Å². The molecule has 1 fully saturated rings. The van der Waals surface area contributed by atoms with E-state index in [9.17, 15) is 9.59 Å². The van der Waals surface area contributed by atoms with Crippen LogP contribution >= 0.6 is 15.9 Å². The Bertz CT molecular complexity index is 507. The van der Waals surface area contributed by atoms with E-state index in [1.54, 1.807) is 11.1 Å². The molecule has 6 heteroatoms. The Kier molecular flexibility index (Phi) is 4.19. The summed E-state index contributed by atoms with van der Waals surface area (Å²) in [5.74, 6) is -0.00523. The van der Waals surface area contributed by atoms with Gasteiger partial charge in [-0.25, -0.2) is 0 Å². The van der Waals surface area contributed by atoms with Gasteiger partial charge < -0.3 is 14.8 Å². The summed E-state index contributed by atoms with van der Waals surface area (Å²) in [6.07, 6.45) is 1.68. The molecule has 1 saturated heterocycles. The van der Waals surface area contributed by atoms with E-state index in [0.29, 0.717) is 13.1 Å². The number of rotatable bonds is 2. The first-order chi connectivity index (χ1) is 8.58. The molecule has 0 atom stereocenters. The number of piperazine rings is 1. The van der Waals surface area contributed by atoms with E-state index in [2.05, 4.69) is 21.2 Å². The Hall–Kier alpha value is -1.14. The lowest BCUT2D eigenvalue weighted by atomic mass is 10.3. The monoisotopic (exact) mass is 313 g/mol. The maximum absolute atomic E-state index is 12.0. The number of aryl methyl sites for hydroxylation is 1. The number of aromatic nitrogens is 1. The fourth-order valence-corrected chi connectivity index (χ4v) is 2.28. The number of nitrogens with zero attached hydrogens (tertiary/aromatic N) is 2. The second kappa shape index (κ2) is 5.67. The minimum absolute atomic E-state index is 0.00523. The molecule has 0 saturated carbocycles. The topological polar surface area (TPSA) is 54.3 Å². The fourth-order valence-electron chi connectivity index (χ4n) is 1.92. The highest BCUT2D eigenvalue weighted by molar-refractivity contribution is 9.10. The van der Waals surface area contributed by atoms with Crippen LogP contribution in [0.2, 0.25) is 0 Å². The number of carbonyl (C=O) groups excluding carboxylic acids is 1. The first kappa shape index (κ1) is 13.3. The normalized spacial score (nSPS) is 15.8. The third-order valence-electron chi connectivity index (χ3n) is 3.04. The Morgan fingerprint density at radius 2 is 2.11 bits per heavy atom. The molecular formula is C12H16BrN3O2. The molecule has 0 unspecified atom stereocenters. The van der Waals surface area contributed by atoms with Crippen LogP contribution in [-0.4, -0.2) is 41.6 Å². The van der Waals surface area contributed by atoms with Crippen molar-refractivity contribution in [2.45, 2.75) is 13.5 Å². The van der Waals surface area contributed by atoms with Gasteiger partial charge in [0.15, 0.2) is 0 Å². The number of halogens is 1. The van der Waals surface area contributed by atoms with Gasteiger partial charge in [-0.1, -0.05) is 0 Å². The molecule has 1 amide bonds. The average molecular weight is 314 g/mol. The molecule has 98 valence electrons. The predicted octanol–water partition coefficient (Wildman–Crippen LogP) is 0.351. The quantitative estimate of drug-likeness (QED) is 0.857. The minimum atomic E-state index is -0.140. The van der Waals surface area contributed by atoms with E-state index < -0.39 is 0 Å². The molecular weight excluding hydrogens is 298 g/mol. The van der Waals surface area contributed by atoms with Gasteiger partial charge in [0.1, 0.15) is 6.54 Å². The highest BCUT2D eigenvalue weighted by Crippen LogP contribution is 2.12. The Morgan fingerprint density at radius 1 is 1.44 bits per heavy atom. The van der Waals surface area contributed by atoms with Crippen LogP contribution in [-0.2, 0) is 11.3 Å². The molecule has 0 radical (unpaired) electrons. The first-order valence-electron chi connectivity index (χ1n) is 5.93. The standard InChI is InChI=1S/C12H16BrN3O2/c1-9-6-11(17)16(7-10(9)13)8-12(18)15-4-2-14-3-5-15/h6-7,14H,2-5,8H2,1H3. The molecule has 2 rings (SSSR count). The van der Waals surface area contributed by atoms with Gasteiger partial charge in [-0.15, -0.1) is 0 Å². The highest BCUT2D eigenvalue weighted by atomic mass is 79.9. The van der Waals surface area contributed by atoms with Crippen LogP contribution in [0, 0.1) is 6.92 Å². The molecule has 0 bridgehead atoms. The Labute approximate surface area is 114 Å². The van der Waals surface area contributed by atoms with E-state index in [4.69, 9.17) is 0 Å². The molecule has 5 nitrogen and oxygen atoms in total. The second-order valence-electron chi connectivity index (χ2n) is 4.40. The van der Waals surface area contributed by atoms with Crippen molar-refractivity contribution in [1.82, 2.24) is 14.8 Å². The van der Waals surface area contributed by atoms with E-state index in [1.165, 1.54) is 10.6 Å². The lowest BCUT2D eigenvalue weighted by Crippen LogP contribution is -2.48. The third kappa shape index (κ3) is 3.00. The molecule has 1 aliphatic rings. The van der Waals surface area contributed by atoms with Gasteiger partial charge in [-0.3, -0.25) is 9.59 Å². The molecule has 1 aromatic rings. The molecule has 1 aromatic heterocycles. The van der Waals surface area contributed by atoms with Crippen molar-refractivity contribution in [2.24, 2.45) is 0 Å². The van der Waals surface area contributed by atoms with E-state index in [-0.39, 0.29) is 18.0 Å². The third-order valence-corrected chi connectivity index (χ3v) is 3.87. The van der Waals surface area contributed by atoms with Gasteiger partial charge in [0, 0.05) is 42.9 Å². The number of pyridine rings is 1. The zero-order valence-corrected chi connectivity index (χ0v) is 11.9. The summed E-state index contributed by atoms with van der Waals surface area (Å²) in [7, 11) is 0. The molecule has 1 aliphatic heterocycles. The summed E-state index contributed by atoms with van der Waals surface area (Å²) in [4.78, 5) is 25.6. The number of nitrogens with one attached hydrogen (secondary N) is 1. The summed E-state index contributed by atoms with van der Waals surface area (Å²) < 4.78 is 2.29. The molecule has 0 spiro atoms. The minimum Gasteiger partial charge on any atom is -0.339 e. The van der Waals surface area contributed by atoms with Gasteiger partial charge in [0.2, 0.25) is 5.91 Å². The smallest absolute Gasteiger partial charge is 0.251 e. The molecule has 0 aromatic carbocycles. The Balaban J connectivity index is 2.11. The van der Waals surface area contributed by atoms with Crippen LogP contribution in [0.15, 0.2) is 21.5 Å². The SMILES string of the molecule is Cc1cc(=O)n(CC(=O)N2CCNCC2)cc1Br. The Morgan fingerprint density at radius 3 is 2.78 bits per heavy atom. The average Bonchev–Trinajstić information content (AvgIpc) is 2.37. The number of carbonyl (C=O) groups is 1. The zero-order valence-electron chi connectivity index (χ0n) is 10.3. The van der Waals surface area contributed by atoms with Gasteiger partial charge in [0.25, 0.3) is 5.56 Å². The van der Waals surface area contributed by atoms with Crippen LogP contribution < -0.4 is 10.9 Å². The maximum Gasteiger partial charge on any atom is 0.251 e. The fraction of sp³-hybridized carbons (Fsp3) is 0.500. The number of hydrogen-bond acceptors (Lipinski definition) is 3. The summed E-state index contributed by atoms with van der Waals surface area (Å²) >= 11 is 3.37. The zero-order chi connectivity index (χ0) is 13.1. The van der Waals surface area contributed by atoms with Crippen LogP contribution in [0.5, 0.6) is 0 Å². The van der Waals surface area contributed by atoms with E-state index >= 15 is 0 Å². The second-order valence-corrected chi connectivity index (χ2v) is 5.26. The van der Waals surface area contributed by atoms with Crippen LogP contribution in [0.1, 0.15) is 5.56 Å². The van der Waals surface area contributed by atoms with Crippen LogP contribution in [0.25, 0.3) is 0 Å². The van der Waals surface area contributed by atoms with Crippen LogP contribution in [0.3, 0.4) is 0 Å². The predicted molar refractivity (Wildman–Crippen MR) is 72.6 cm³/mol. The van der Waals surface area contributed by atoms with E-state index in [1.807, 2.05) is 6.92 Å². The van der Waals surface area contributed by atoms with Crippen molar-refractivity contribution in [2.75, 3.05) is 26.2 Å². The van der Waals surface area contributed by atoms with E-state index in [0.717, 1.165) is 23.1 Å². The number of hydrogen-bond donors (Lipinski definition) is 1. The van der Waals surface area contributed by atoms with Crippen molar-refractivity contribution in [3.05, 3.63) is 32.7 Å². The summed E-state index contributed by atoms with van der Waals surface area (Å²) in [6, 6.07) is 1.54. The van der Waals surface area contributed by atoms with Gasteiger partial charge in [-0.05, 0) is 28.4 Å². The molecule has 1 N–H and O–H groups in total. The summed E-state index contributed by atoms with van der Waals surface area (Å²) in [5, 5.41) is 3.19. The van der Waals surface area contributed by atoms with Crippen molar-refractivity contribution >= 4 is 21.8 Å². The van der Waals surface area contributed by atoms with Gasteiger partial charge in [-0.2, -0.15) is 0 Å². The largest absolute Gasteiger partial charge is 0.339 e. The van der Waals surface area contributed by atoms with Crippen molar-refractivity contribution < 1.29 is 4.79 Å². The molecule has 0 aliphatic carbocycles. The van der Waals surface area contributed by atoms with Gasteiger partial charge >= 0.3 is 0 Å². The lowest BCUT2D eigenvalue weighted by Gasteiger charge is -2.27.